The number of amides is 1. The molecule has 0 radical (unpaired) electrons. The van der Waals surface area contributed by atoms with Crippen LogP contribution in [0, 0.1) is 12.3 Å². The number of fused-ring (bicyclic) bond motifs is 1. The number of nitrogens with one attached hydrogen (secondary N) is 1. The second kappa shape index (κ2) is 3.51. The molecule has 0 fully saturated rings. The minimum Gasteiger partial charge on any atom is -0.300 e. The van der Waals surface area contributed by atoms with Gasteiger partial charge in [-0.05, 0) is 6.92 Å². The van der Waals surface area contributed by atoms with Gasteiger partial charge < -0.3 is 5.32 Å². The summed E-state index contributed by atoms with van der Waals surface area (Å²) in [6.45, 7) is 7.38. The molecule has 2 rings (SSSR count). The minimum atomic E-state index is -0.430. The molecule has 0 unspecified atom stereocenters. The molecular weight excluding hydrogens is 226 g/mol. The third-order valence-electron chi connectivity index (χ3n) is 2.05. The van der Waals surface area contributed by atoms with Gasteiger partial charge in [-0.25, -0.2) is 0 Å². The Kier molecular flexibility index (Phi) is 2.42. The van der Waals surface area contributed by atoms with Crippen LogP contribution in [0.5, 0.6) is 0 Å². The fraction of sp³-hybridized carbons (Fsp3) is 0.556. The summed E-state index contributed by atoms with van der Waals surface area (Å²) in [6, 6.07) is 0. The van der Waals surface area contributed by atoms with E-state index in [9.17, 15) is 4.79 Å². The summed E-state index contributed by atoms with van der Waals surface area (Å²) in [4.78, 5) is 12.4. The molecule has 0 aliphatic rings. The van der Waals surface area contributed by atoms with Crippen molar-refractivity contribution in [3.63, 3.8) is 0 Å². The molecule has 1 amide bonds. The standard InChI is InChI=1S/C9H13N5OS/c1-5-11-12-8-14(5)13-7(16-8)10-6(15)9(2,3)4/h1-4H3,(H,10,13,15). The summed E-state index contributed by atoms with van der Waals surface area (Å²) in [5.74, 6) is 0.651. The Balaban J connectivity index is 2.25. The van der Waals surface area contributed by atoms with Crippen LogP contribution in [-0.4, -0.2) is 25.7 Å². The highest BCUT2D eigenvalue weighted by Crippen LogP contribution is 2.21. The summed E-state index contributed by atoms with van der Waals surface area (Å²) in [5, 5.41) is 15.3. The average molecular weight is 239 g/mol. The lowest BCUT2D eigenvalue weighted by Gasteiger charge is -2.15. The van der Waals surface area contributed by atoms with E-state index in [2.05, 4.69) is 20.6 Å². The molecule has 2 heterocycles. The smallest absolute Gasteiger partial charge is 0.236 e. The molecule has 0 bridgehead atoms. The molecule has 1 N–H and O–H groups in total. The maximum atomic E-state index is 11.7. The summed E-state index contributed by atoms with van der Waals surface area (Å²) in [6.07, 6.45) is 0. The van der Waals surface area contributed by atoms with Gasteiger partial charge in [0.05, 0.1) is 0 Å². The number of rotatable bonds is 1. The predicted molar refractivity (Wildman–Crippen MR) is 61.5 cm³/mol. The number of aryl methyl sites for hydroxylation is 1. The maximum Gasteiger partial charge on any atom is 0.236 e. The molecule has 0 spiro atoms. The number of aromatic nitrogens is 4. The van der Waals surface area contributed by atoms with Crippen molar-refractivity contribution in [2.24, 2.45) is 5.41 Å². The molecule has 86 valence electrons. The monoisotopic (exact) mass is 239 g/mol. The van der Waals surface area contributed by atoms with Crippen molar-refractivity contribution in [1.82, 2.24) is 19.8 Å². The van der Waals surface area contributed by atoms with E-state index in [0.717, 1.165) is 0 Å². The Labute approximate surface area is 96.7 Å². The molecule has 0 saturated carbocycles. The van der Waals surface area contributed by atoms with E-state index in [4.69, 9.17) is 0 Å². The van der Waals surface area contributed by atoms with Crippen LogP contribution in [-0.2, 0) is 4.79 Å². The number of hydrogen-bond donors (Lipinski definition) is 1. The molecular formula is C9H13N5OS. The third-order valence-corrected chi connectivity index (χ3v) is 2.86. The van der Waals surface area contributed by atoms with Crippen molar-refractivity contribution in [2.75, 3.05) is 5.32 Å². The first kappa shape index (κ1) is 11.0. The van der Waals surface area contributed by atoms with Crippen LogP contribution in [0.1, 0.15) is 26.6 Å². The molecule has 6 nitrogen and oxygen atoms in total. The average Bonchev–Trinajstić information content (AvgIpc) is 2.67. The minimum absolute atomic E-state index is 0.0601. The number of carbonyl (C=O) groups excluding carboxylic acids is 1. The summed E-state index contributed by atoms with van der Waals surface area (Å²) < 4.78 is 1.61. The highest BCUT2D eigenvalue weighted by Gasteiger charge is 2.22. The van der Waals surface area contributed by atoms with E-state index in [-0.39, 0.29) is 5.91 Å². The summed E-state index contributed by atoms with van der Waals surface area (Å²) in [5.41, 5.74) is -0.430. The van der Waals surface area contributed by atoms with E-state index >= 15 is 0 Å². The number of hydrogen-bond acceptors (Lipinski definition) is 5. The highest BCUT2D eigenvalue weighted by molar-refractivity contribution is 7.20. The Morgan fingerprint density at radius 3 is 2.62 bits per heavy atom. The molecule has 0 aromatic carbocycles. The van der Waals surface area contributed by atoms with Crippen LogP contribution >= 0.6 is 11.3 Å². The fourth-order valence-electron chi connectivity index (χ4n) is 1.05. The Morgan fingerprint density at radius 2 is 2.06 bits per heavy atom. The van der Waals surface area contributed by atoms with Crippen LogP contribution < -0.4 is 5.32 Å². The first-order chi connectivity index (χ1) is 7.38. The van der Waals surface area contributed by atoms with Crippen molar-refractivity contribution < 1.29 is 4.79 Å². The second-order valence-electron chi connectivity index (χ2n) is 4.55. The Morgan fingerprint density at radius 1 is 1.38 bits per heavy atom. The largest absolute Gasteiger partial charge is 0.300 e. The maximum absolute atomic E-state index is 11.7. The van der Waals surface area contributed by atoms with Gasteiger partial charge in [-0.2, -0.15) is 4.52 Å². The van der Waals surface area contributed by atoms with E-state index in [1.165, 1.54) is 11.3 Å². The molecule has 7 heteroatoms. The number of nitrogens with zero attached hydrogens (tertiary/aromatic N) is 4. The molecule has 2 aromatic heterocycles. The second-order valence-corrected chi connectivity index (χ2v) is 5.51. The van der Waals surface area contributed by atoms with Crippen molar-refractivity contribution >= 4 is 27.3 Å². The molecule has 0 aliphatic heterocycles. The van der Waals surface area contributed by atoms with Gasteiger partial charge in [0, 0.05) is 5.41 Å². The van der Waals surface area contributed by atoms with E-state index in [0.29, 0.717) is 15.9 Å². The van der Waals surface area contributed by atoms with E-state index < -0.39 is 5.41 Å². The number of anilines is 1. The molecule has 2 aromatic rings. The topological polar surface area (TPSA) is 72.2 Å². The van der Waals surface area contributed by atoms with Gasteiger partial charge in [0.15, 0.2) is 5.82 Å². The van der Waals surface area contributed by atoms with Crippen molar-refractivity contribution in [1.29, 1.82) is 0 Å². The lowest BCUT2D eigenvalue weighted by atomic mass is 9.96. The summed E-state index contributed by atoms with van der Waals surface area (Å²) in [7, 11) is 0. The normalized spacial score (nSPS) is 12.0. The quantitative estimate of drug-likeness (QED) is 0.818. The van der Waals surface area contributed by atoms with Crippen LogP contribution in [0.25, 0.3) is 4.96 Å². The van der Waals surface area contributed by atoms with Crippen LogP contribution in [0.2, 0.25) is 0 Å². The zero-order chi connectivity index (χ0) is 11.9. The Hall–Kier alpha value is -1.50. The van der Waals surface area contributed by atoms with Gasteiger partial charge in [0.2, 0.25) is 16.0 Å². The molecule has 0 saturated heterocycles. The summed E-state index contributed by atoms with van der Waals surface area (Å²) >= 11 is 1.31. The van der Waals surface area contributed by atoms with Crippen LogP contribution in [0.3, 0.4) is 0 Å². The van der Waals surface area contributed by atoms with E-state index in [1.807, 2.05) is 27.7 Å². The predicted octanol–water partition coefficient (Wildman–Crippen LogP) is 1.48. The molecule has 0 aliphatic carbocycles. The van der Waals surface area contributed by atoms with Gasteiger partial charge in [-0.1, -0.05) is 32.1 Å². The fourth-order valence-corrected chi connectivity index (χ4v) is 1.83. The lowest BCUT2D eigenvalue weighted by Crippen LogP contribution is -2.27. The third kappa shape index (κ3) is 1.90. The van der Waals surface area contributed by atoms with Crippen LogP contribution in [0.4, 0.5) is 5.13 Å². The van der Waals surface area contributed by atoms with Gasteiger partial charge in [-0.3, -0.25) is 4.79 Å². The number of carbonyl (C=O) groups is 1. The van der Waals surface area contributed by atoms with Gasteiger partial charge in [0.1, 0.15) is 0 Å². The molecule has 0 atom stereocenters. The van der Waals surface area contributed by atoms with Crippen molar-refractivity contribution in [3.8, 4) is 0 Å². The molecule has 16 heavy (non-hydrogen) atoms. The zero-order valence-electron chi connectivity index (χ0n) is 9.61. The van der Waals surface area contributed by atoms with Crippen LogP contribution in [0.15, 0.2) is 0 Å². The zero-order valence-corrected chi connectivity index (χ0v) is 10.4. The van der Waals surface area contributed by atoms with Gasteiger partial charge >= 0.3 is 0 Å². The first-order valence-electron chi connectivity index (χ1n) is 4.88. The van der Waals surface area contributed by atoms with Crippen molar-refractivity contribution in [2.45, 2.75) is 27.7 Å². The van der Waals surface area contributed by atoms with E-state index in [1.54, 1.807) is 4.52 Å². The van der Waals surface area contributed by atoms with Gasteiger partial charge in [0.25, 0.3) is 0 Å². The highest BCUT2D eigenvalue weighted by atomic mass is 32.1. The first-order valence-corrected chi connectivity index (χ1v) is 5.70. The lowest BCUT2D eigenvalue weighted by molar-refractivity contribution is -0.123. The Bertz CT molecular complexity index is 536. The SMILES string of the molecule is Cc1nnc2sc(NC(=O)C(C)(C)C)nn12. The van der Waals surface area contributed by atoms with Gasteiger partial charge in [-0.15, -0.1) is 15.3 Å². The van der Waals surface area contributed by atoms with Crippen molar-refractivity contribution in [3.05, 3.63) is 5.82 Å².